The summed E-state index contributed by atoms with van der Waals surface area (Å²) in [5.41, 5.74) is 4.05. The van der Waals surface area contributed by atoms with Gasteiger partial charge in [0.1, 0.15) is 0 Å². The Labute approximate surface area is 760 Å². The van der Waals surface area contributed by atoms with E-state index in [1.54, 1.807) is 0 Å². The molecule has 0 unspecified atom stereocenters. The summed E-state index contributed by atoms with van der Waals surface area (Å²) in [5.74, 6) is 6.86. The first-order valence-electron chi connectivity index (χ1n) is 54.0. The number of benzene rings is 3. The lowest BCUT2D eigenvalue weighted by Gasteiger charge is -2.21. The van der Waals surface area contributed by atoms with Crippen LogP contribution in [0, 0.1) is 0 Å². The summed E-state index contributed by atoms with van der Waals surface area (Å²) in [4.78, 5) is 11.6. The number of hydrogen-bond acceptors (Lipinski definition) is 11. The van der Waals surface area contributed by atoms with Crippen molar-refractivity contribution in [1.29, 1.82) is 0 Å². The predicted octanol–water partition coefficient (Wildman–Crippen LogP) is 37.2. The maximum absolute atomic E-state index is 7.17. The minimum Gasteiger partial charge on any atom is -0.490 e. The van der Waals surface area contributed by atoms with Gasteiger partial charge < -0.3 is 42.6 Å². The Balaban J connectivity index is 2.15. The molecule has 11 heteroatoms. The van der Waals surface area contributed by atoms with Crippen LogP contribution in [0.5, 0.6) is 51.7 Å². The molecule has 1 aromatic heterocycles. The fraction of sp³-hybridized carbons (Fsp3) is 0.804. The number of hydrogen-bond donors (Lipinski definition) is 0. The number of nitrogens with zero attached hydrogens (tertiary/aromatic N) is 2. The molecule has 0 bridgehead atoms. The van der Waals surface area contributed by atoms with Gasteiger partial charge in [-0.15, -0.1) is 0 Å². The van der Waals surface area contributed by atoms with Crippen LogP contribution in [0.15, 0.2) is 42.5 Å². The first kappa shape index (κ1) is 110. The molecule has 3 aromatic carbocycles. The summed E-state index contributed by atoms with van der Waals surface area (Å²) in [6.07, 6.45) is 87.9. The molecule has 0 aliphatic rings. The third-order valence-corrected chi connectivity index (χ3v) is 24.9. The number of unbranched alkanes of at least 4 members (excludes halogenated alkanes) is 63. The van der Waals surface area contributed by atoms with Crippen molar-refractivity contribution in [3.8, 4) is 85.6 Å². The van der Waals surface area contributed by atoms with Gasteiger partial charge in [0.15, 0.2) is 40.3 Å². The topological polar surface area (TPSA) is 109 Å². The fourth-order valence-corrected chi connectivity index (χ4v) is 16.8. The summed E-state index contributed by atoms with van der Waals surface area (Å²) in [6, 6.07) is 15.3. The van der Waals surface area contributed by atoms with Crippen LogP contribution in [0.1, 0.15) is 525 Å². The summed E-state index contributed by atoms with van der Waals surface area (Å²) in [6.45, 7) is 26.0. The molecule has 0 amide bonds. The standard InChI is InChI=1S/C112H196N2O9/c1-10-19-28-37-46-55-64-73-82-115-103-91-98(92-104(116-83-74-65-56-47-38-29-20-11-2)109(103)121-88-79-70-61-52-43-34-25-16-7)101-97-102(99-93-105(117-84-75-66-57-48-39-30-21-12-3)110(122-89-80-71-62-53-44-35-26-17-8)106(94-99)118-85-76-67-58-49-40-31-22-13-4)114-112(113-101)100-95-107(119-86-77-68-59-50-41-32-23-14-5)111(123-90-81-72-63-54-45-36-27-18-9)108(96-100)120-87-78-69-60-51-42-33-24-15-6/h91-97H,10-90H2,1-9H3. The van der Waals surface area contributed by atoms with Crippen LogP contribution in [-0.4, -0.2) is 69.4 Å². The second-order valence-electron chi connectivity index (χ2n) is 36.8. The Kier molecular flexibility index (Phi) is 73.0. The van der Waals surface area contributed by atoms with E-state index in [0.717, 1.165) is 144 Å². The van der Waals surface area contributed by atoms with E-state index < -0.39 is 0 Å². The van der Waals surface area contributed by atoms with Gasteiger partial charge in [-0.1, -0.05) is 467 Å². The molecule has 0 saturated heterocycles. The Hall–Kier alpha value is -5.06. The highest BCUT2D eigenvalue weighted by atomic mass is 16.6. The van der Waals surface area contributed by atoms with E-state index in [4.69, 9.17) is 52.6 Å². The van der Waals surface area contributed by atoms with Crippen molar-refractivity contribution in [2.75, 3.05) is 59.5 Å². The Morgan fingerprint density at radius 3 is 0.431 bits per heavy atom. The van der Waals surface area contributed by atoms with Crippen molar-refractivity contribution in [2.45, 2.75) is 525 Å². The smallest absolute Gasteiger partial charge is 0.203 e. The van der Waals surface area contributed by atoms with Gasteiger partial charge >= 0.3 is 0 Å². The first-order valence-corrected chi connectivity index (χ1v) is 54.0. The van der Waals surface area contributed by atoms with Gasteiger partial charge in [-0.05, 0) is 100 Å². The van der Waals surface area contributed by atoms with E-state index >= 15 is 0 Å². The molecule has 0 N–H and O–H groups in total. The highest BCUT2D eigenvalue weighted by molar-refractivity contribution is 5.78. The van der Waals surface area contributed by atoms with E-state index in [0.29, 0.717) is 117 Å². The fourth-order valence-electron chi connectivity index (χ4n) is 16.8. The molecule has 4 rings (SSSR count). The number of aromatic nitrogens is 2. The second kappa shape index (κ2) is 81.4. The summed E-state index contributed by atoms with van der Waals surface area (Å²) in [7, 11) is 0. The van der Waals surface area contributed by atoms with Gasteiger partial charge in [0.2, 0.25) is 17.2 Å². The zero-order valence-corrected chi connectivity index (χ0v) is 82.4. The van der Waals surface area contributed by atoms with Crippen molar-refractivity contribution < 1.29 is 42.6 Å². The predicted molar refractivity (Wildman–Crippen MR) is 531 cm³/mol. The monoisotopic (exact) mass is 1710 g/mol. The van der Waals surface area contributed by atoms with Crippen molar-refractivity contribution in [3.63, 3.8) is 0 Å². The quantitative estimate of drug-likeness (QED) is 0.0394. The van der Waals surface area contributed by atoms with Gasteiger partial charge in [-0.25, -0.2) is 9.97 Å². The molecule has 0 atom stereocenters. The lowest BCUT2D eigenvalue weighted by Crippen LogP contribution is -2.08. The van der Waals surface area contributed by atoms with Gasteiger partial charge in [0, 0.05) is 16.7 Å². The van der Waals surface area contributed by atoms with Crippen LogP contribution in [0.2, 0.25) is 0 Å². The Bertz CT molecular complexity index is 2550. The van der Waals surface area contributed by atoms with Crippen molar-refractivity contribution in [1.82, 2.24) is 9.97 Å². The molecule has 0 fully saturated rings. The van der Waals surface area contributed by atoms with E-state index in [1.807, 2.05) is 0 Å². The third kappa shape index (κ3) is 56.1. The van der Waals surface area contributed by atoms with E-state index in [1.165, 1.54) is 347 Å². The summed E-state index contributed by atoms with van der Waals surface area (Å²) in [5, 5.41) is 0. The average molecular weight is 1710 g/mol. The van der Waals surface area contributed by atoms with Crippen LogP contribution >= 0.6 is 0 Å². The van der Waals surface area contributed by atoms with Crippen LogP contribution < -0.4 is 42.6 Å². The largest absolute Gasteiger partial charge is 0.490 e. The normalized spacial score (nSPS) is 11.5. The van der Waals surface area contributed by atoms with Gasteiger partial charge in [0.25, 0.3) is 0 Å². The van der Waals surface area contributed by atoms with E-state index in [2.05, 4.69) is 105 Å². The van der Waals surface area contributed by atoms with Gasteiger partial charge in [0.05, 0.1) is 70.8 Å². The van der Waals surface area contributed by atoms with Crippen LogP contribution in [-0.2, 0) is 0 Å². The minimum atomic E-state index is 0.557. The van der Waals surface area contributed by atoms with Crippen LogP contribution in [0.3, 0.4) is 0 Å². The third-order valence-electron chi connectivity index (χ3n) is 24.9. The van der Waals surface area contributed by atoms with Crippen LogP contribution in [0.25, 0.3) is 33.9 Å². The lowest BCUT2D eigenvalue weighted by atomic mass is 10.0. The molecule has 0 radical (unpaired) electrons. The molecule has 11 nitrogen and oxygen atoms in total. The SMILES string of the molecule is CCCCCCCCCCOc1cc(-c2cc(-c3cc(OCCCCCCCCCC)c(OCCCCCCCCCC)c(OCCCCCCCCCC)c3)nc(-c3cc(OCCCCCCCCCC)c(OCCCCCCCCCC)c(OCCCCCCCCCC)c3)n2)cc(OCCCCCCCCCC)c1OCCCCCCCCCC. The molecule has 0 spiro atoms. The Morgan fingerprint density at radius 2 is 0.276 bits per heavy atom. The molecule has 708 valence electrons. The molecule has 123 heavy (non-hydrogen) atoms. The number of ether oxygens (including phenoxy) is 9. The number of rotatable bonds is 93. The highest BCUT2D eigenvalue weighted by Gasteiger charge is 2.25. The van der Waals surface area contributed by atoms with E-state index in [9.17, 15) is 0 Å². The van der Waals surface area contributed by atoms with Gasteiger partial charge in [-0.2, -0.15) is 0 Å². The van der Waals surface area contributed by atoms with Crippen molar-refractivity contribution >= 4 is 0 Å². The lowest BCUT2D eigenvalue weighted by molar-refractivity contribution is 0.234. The maximum Gasteiger partial charge on any atom is 0.203 e. The van der Waals surface area contributed by atoms with Gasteiger partial charge in [-0.3, -0.25) is 0 Å². The average Bonchev–Trinajstić information content (AvgIpc) is 0.771. The zero-order chi connectivity index (χ0) is 87.7. The Morgan fingerprint density at radius 1 is 0.146 bits per heavy atom. The molecular formula is C112H196N2O9. The molecular weight excluding hydrogens is 1520 g/mol. The molecule has 0 saturated carbocycles. The maximum atomic E-state index is 7.17. The van der Waals surface area contributed by atoms with Crippen LogP contribution in [0.4, 0.5) is 0 Å². The zero-order valence-electron chi connectivity index (χ0n) is 82.4. The van der Waals surface area contributed by atoms with Crippen molar-refractivity contribution in [3.05, 3.63) is 42.5 Å². The van der Waals surface area contributed by atoms with Crippen molar-refractivity contribution in [2.24, 2.45) is 0 Å². The molecule has 0 aliphatic carbocycles. The highest BCUT2D eigenvalue weighted by Crippen LogP contribution is 2.48. The minimum absolute atomic E-state index is 0.557. The second-order valence-corrected chi connectivity index (χ2v) is 36.8. The first-order chi connectivity index (χ1) is 60.9. The summed E-state index contributed by atoms with van der Waals surface area (Å²) >= 11 is 0. The molecule has 4 aromatic rings. The summed E-state index contributed by atoms with van der Waals surface area (Å²) < 4.78 is 64.3. The molecule has 1 heterocycles. The van der Waals surface area contributed by atoms with E-state index in [-0.39, 0.29) is 0 Å². The molecule has 0 aliphatic heterocycles.